The van der Waals surface area contributed by atoms with Crippen LogP contribution in [0.5, 0.6) is 0 Å². The van der Waals surface area contributed by atoms with Gasteiger partial charge in [0.15, 0.2) is 0 Å². The van der Waals surface area contributed by atoms with Gasteiger partial charge in [0.2, 0.25) is 5.82 Å². The van der Waals surface area contributed by atoms with E-state index in [0.717, 1.165) is 41.8 Å². The van der Waals surface area contributed by atoms with Crippen LogP contribution in [0.25, 0.3) is 11.4 Å². The summed E-state index contributed by atoms with van der Waals surface area (Å²) in [5.41, 5.74) is 5.92. The van der Waals surface area contributed by atoms with Crippen LogP contribution in [-0.4, -0.2) is 48.4 Å². The van der Waals surface area contributed by atoms with Crippen LogP contribution in [0.1, 0.15) is 28.9 Å². The van der Waals surface area contributed by atoms with Crippen LogP contribution < -0.4 is 5.32 Å². The van der Waals surface area contributed by atoms with Crippen molar-refractivity contribution in [2.75, 3.05) is 12.4 Å². The van der Waals surface area contributed by atoms with Crippen molar-refractivity contribution in [3.8, 4) is 11.4 Å². The van der Waals surface area contributed by atoms with Gasteiger partial charge in [0.1, 0.15) is 0 Å². The number of fused-ring (bicyclic) bond motifs is 1. The van der Waals surface area contributed by atoms with E-state index in [9.17, 15) is 4.79 Å². The lowest BCUT2D eigenvalue weighted by molar-refractivity contribution is 0.220. The number of H-pyrrole nitrogens is 1. The van der Waals surface area contributed by atoms with Crippen molar-refractivity contribution in [1.29, 1.82) is 0 Å². The van der Waals surface area contributed by atoms with E-state index in [4.69, 9.17) is 0 Å². The standard InChI is InChI=1S/C18H22N8O/c1-11-7-8-12(17-22-24-26(3)23-17)9-15(11)19-18(27)25(2)10-16-13-5-4-6-14(13)20-21-16/h7-9H,4-6,10H2,1-3H3,(H,19,27)(H,20,21). The molecule has 1 aromatic carbocycles. The lowest BCUT2D eigenvalue weighted by Gasteiger charge is -2.18. The van der Waals surface area contributed by atoms with E-state index in [2.05, 4.69) is 30.9 Å². The van der Waals surface area contributed by atoms with E-state index in [0.29, 0.717) is 12.4 Å². The van der Waals surface area contributed by atoms with Gasteiger partial charge in [0.25, 0.3) is 0 Å². The first-order valence-electron chi connectivity index (χ1n) is 8.93. The molecule has 9 heteroatoms. The molecule has 3 aromatic rings. The Hall–Kier alpha value is -3.23. The second-order valence-corrected chi connectivity index (χ2v) is 6.90. The van der Waals surface area contributed by atoms with Crippen molar-refractivity contribution in [3.63, 3.8) is 0 Å². The highest BCUT2D eigenvalue weighted by atomic mass is 16.2. The van der Waals surface area contributed by atoms with Gasteiger partial charge in [-0.1, -0.05) is 12.1 Å². The van der Waals surface area contributed by atoms with E-state index >= 15 is 0 Å². The molecular formula is C18H22N8O. The number of nitrogens with one attached hydrogen (secondary N) is 2. The van der Waals surface area contributed by atoms with Crippen LogP contribution in [0.3, 0.4) is 0 Å². The molecule has 2 heterocycles. The number of nitrogens with zero attached hydrogens (tertiary/aromatic N) is 6. The molecule has 0 aliphatic heterocycles. The van der Waals surface area contributed by atoms with E-state index in [1.54, 1.807) is 19.0 Å². The molecule has 0 bridgehead atoms. The molecule has 140 valence electrons. The zero-order chi connectivity index (χ0) is 19.0. The number of hydrogen-bond acceptors (Lipinski definition) is 5. The van der Waals surface area contributed by atoms with Crippen molar-refractivity contribution in [2.24, 2.45) is 7.05 Å². The average Bonchev–Trinajstić information content (AvgIpc) is 3.35. The second-order valence-electron chi connectivity index (χ2n) is 6.90. The van der Waals surface area contributed by atoms with Crippen LogP contribution in [0, 0.1) is 6.92 Å². The minimum Gasteiger partial charge on any atom is -0.322 e. The molecule has 1 aliphatic carbocycles. The molecule has 0 fully saturated rings. The number of aromatic nitrogens is 6. The largest absolute Gasteiger partial charge is 0.322 e. The van der Waals surface area contributed by atoms with Gasteiger partial charge in [-0.2, -0.15) is 9.90 Å². The van der Waals surface area contributed by atoms with Gasteiger partial charge in [-0.3, -0.25) is 5.10 Å². The lowest BCUT2D eigenvalue weighted by atomic mass is 10.1. The first-order valence-corrected chi connectivity index (χ1v) is 8.93. The lowest BCUT2D eigenvalue weighted by Crippen LogP contribution is -2.31. The maximum atomic E-state index is 12.7. The summed E-state index contributed by atoms with van der Waals surface area (Å²) in [4.78, 5) is 15.7. The summed E-state index contributed by atoms with van der Waals surface area (Å²) < 4.78 is 0. The number of aryl methyl sites for hydroxylation is 3. The second kappa shape index (κ2) is 6.82. The minimum absolute atomic E-state index is 0.183. The van der Waals surface area contributed by atoms with Crippen LogP contribution >= 0.6 is 0 Å². The van der Waals surface area contributed by atoms with Crippen molar-refractivity contribution >= 4 is 11.7 Å². The smallest absolute Gasteiger partial charge is 0.321 e. The molecule has 0 saturated carbocycles. The third-order valence-corrected chi connectivity index (χ3v) is 4.87. The highest BCUT2D eigenvalue weighted by molar-refractivity contribution is 5.90. The number of rotatable bonds is 4. The monoisotopic (exact) mass is 366 g/mol. The molecule has 27 heavy (non-hydrogen) atoms. The molecule has 4 rings (SSSR count). The zero-order valence-electron chi connectivity index (χ0n) is 15.7. The van der Waals surface area contributed by atoms with Crippen molar-refractivity contribution < 1.29 is 4.79 Å². The van der Waals surface area contributed by atoms with Gasteiger partial charge >= 0.3 is 6.03 Å². The predicted octanol–water partition coefficient (Wildman–Crippen LogP) is 2.06. The van der Waals surface area contributed by atoms with Gasteiger partial charge in [-0.05, 0) is 48.6 Å². The number of benzene rings is 1. The fraction of sp³-hybridized carbons (Fsp3) is 0.389. The SMILES string of the molecule is Cc1ccc(-c2nnn(C)n2)cc1NC(=O)N(C)Cc1n[nH]c2c1CCC2. The number of tetrazole rings is 1. The van der Waals surface area contributed by atoms with Crippen molar-refractivity contribution in [1.82, 2.24) is 35.3 Å². The number of carbonyl (C=O) groups is 1. The van der Waals surface area contributed by atoms with Gasteiger partial charge in [0, 0.05) is 24.0 Å². The maximum Gasteiger partial charge on any atom is 0.321 e. The molecule has 0 unspecified atom stereocenters. The predicted molar refractivity (Wildman–Crippen MR) is 100 cm³/mol. The Bertz CT molecular complexity index is 989. The Morgan fingerprint density at radius 2 is 2.22 bits per heavy atom. The summed E-state index contributed by atoms with van der Waals surface area (Å²) in [7, 11) is 3.49. The number of carbonyl (C=O) groups excluding carboxylic acids is 1. The molecule has 0 saturated heterocycles. The number of hydrogen-bond donors (Lipinski definition) is 2. The zero-order valence-corrected chi connectivity index (χ0v) is 15.7. The number of urea groups is 1. The summed E-state index contributed by atoms with van der Waals surface area (Å²) in [5.74, 6) is 0.522. The first-order chi connectivity index (χ1) is 13.0. The Morgan fingerprint density at radius 1 is 1.37 bits per heavy atom. The summed E-state index contributed by atoms with van der Waals surface area (Å²) in [6.45, 7) is 2.42. The van der Waals surface area contributed by atoms with Gasteiger partial charge in [-0.15, -0.1) is 10.2 Å². The quantitative estimate of drug-likeness (QED) is 0.735. The topological polar surface area (TPSA) is 105 Å². The Labute approximate surface area is 156 Å². The maximum absolute atomic E-state index is 12.7. The van der Waals surface area contributed by atoms with E-state index in [1.807, 2.05) is 25.1 Å². The summed E-state index contributed by atoms with van der Waals surface area (Å²) in [5, 5.41) is 22.5. The third-order valence-electron chi connectivity index (χ3n) is 4.87. The molecular weight excluding hydrogens is 344 g/mol. The number of anilines is 1. The van der Waals surface area contributed by atoms with E-state index < -0.39 is 0 Å². The molecule has 9 nitrogen and oxygen atoms in total. The van der Waals surface area contributed by atoms with Gasteiger partial charge < -0.3 is 10.2 Å². The van der Waals surface area contributed by atoms with Gasteiger partial charge in [-0.25, -0.2) is 4.79 Å². The molecule has 1 aliphatic rings. The molecule has 2 amide bonds. The van der Waals surface area contributed by atoms with Gasteiger partial charge in [0.05, 0.1) is 19.3 Å². The number of aromatic amines is 1. The Morgan fingerprint density at radius 3 is 3.00 bits per heavy atom. The highest BCUT2D eigenvalue weighted by Crippen LogP contribution is 2.25. The van der Waals surface area contributed by atoms with Crippen molar-refractivity contribution in [2.45, 2.75) is 32.7 Å². The first kappa shape index (κ1) is 17.2. The molecule has 0 spiro atoms. The van der Waals surface area contributed by atoms with Crippen LogP contribution in [0.4, 0.5) is 10.5 Å². The fourth-order valence-corrected chi connectivity index (χ4v) is 3.32. The molecule has 0 radical (unpaired) electrons. The molecule has 2 aromatic heterocycles. The number of amides is 2. The van der Waals surface area contributed by atoms with E-state index in [1.165, 1.54) is 16.1 Å². The Kier molecular flexibility index (Phi) is 4.35. The van der Waals surface area contributed by atoms with E-state index in [-0.39, 0.29) is 6.03 Å². The van der Waals surface area contributed by atoms with Crippen LogP contribution in [0.2, 0.25) is 0 Å². The summed E-state index contributed by atoms with van der Waals surface area (Å²) in [6.07, 6.45) is 3.22. The minimum atomic E-state index is -0.183. The molecule has 0 atom stereocenters. The van der Waals surface area contributed by atoms with Crippen LogP contribution in [0.15, 0.2) is 18.2 Å². The summed E-state index contributed by atoms with van der Waals surface area (Å²) in [6, 6.07) is 5.53. The Balaban J connectivity index is 1.48. The fourth-order valence-electron chi connectivity index (χ4n) is 3.32. The average molecular weight is 366 g/mol. The highest BCUT2D eigenvalue weighted by Gasteiger charge is 2.21. The third kappa shape index (κ3) is 3.40. The molecule has 2 N–H and O–H groups in total. The normalized spacial score (nSPS) is 12.9. The van der Waals surface area contributed by atoms with Crippen LogP contribution in [-0.2, 0) is 26.4 Å². The summed E-state index contributed by atoms with van der Waals surface area (Å²) >= 11 is 0. The van der Waals surface area contributed by atoms with Crippen molar-refractivity contribution in [3.05, 3.63) is 40.7 Å².